The van der Waals surface area contributed by atoms with E-state index in [0.717, 1.165) is 0 Å². The number of nitrogens with one attached hydrogen (secondary N) is 2. The molecular formula is C2H5N3O. The van der Waals surface area contributed by atoms with Crippen LogP contribution in [0.1, 0.15) is 0 Å². The van der Waals surface area contributed by atoms with Gasteiger partial charge in [0.2, 0.25) is 0 Å². The molecule has 0 aliphatic rings. The van der Waals surface area contributed by atoms with Crippen molar-refractivity contribution in [1.29, 1.82) is 10.8 Å². The Morgan fingerprint density at radius 2 is 1.67 bits per heavy atom. The third kappa shape index (κ3) is 1.42. The SMILES string of the molecule is N=CN(O)C=N. The van der Waals surface area contributed by atoms with E-state index >= 15 is 0 Å². The first kappa shape index (κ1) is 5.10. The Morgan fingerprint density at radius 3 is 1.67 bits per heavy atom. The largest absolute Gasteiger partial charge is 0.289 e. The molecule has 0 aromatic carbocycles. The summed E-state index contributed by atoms with van der Waals surface area (Å²) in [6.45, 7) is 0. The van der Waals surface area contributed by atoms with Gasteiger partial charge in [-0.1, -0.05) is 0 Å². The van der Waals surface area contributed by atoms with Gasteiger partial charge in [0, 0.05) is 0 Å². The normalized spacial score (nSPS) is 6.83. The van der Waals surface area contributed by atoms with Gasteiger partial charge in [-0.2, -0.15) is 0 Å². The zero-order chi connectivity index (χ0) is 4.99. The van der Waals surface area contributed by atoms with E-state index < -0.39 is 0 Å². The highest BCUT2D eigenvalue weighted by Gasteiger charge is 1.74. The van der Waals surface area contributed by atoms with Gasteiger partial charge < -0.3 is 0 Å². The fourth-order valence-corrected chi connectivity index (χ4v) is 0.0373. The van der Waals surface area contributed by atoms with E-state index in [4.69, 9.17) is 16.0 Å². The molecule has 0 unspecified atom stereocenters. The predicted molar refractivity (Wildman–Crippen MR) is 21.2 cm³/mol. The zero-order valence-corrected chi connectivity index (χ0v) is 3.05. The van der Waals surface area contributed by atoms with E-state index in [9.17, 15) is 0 Å². The van der Waals surface area contributed by atoms with E-state index in [2.05, 4.69) is 0 Å². The molecule has 0 rings (SSSR count). The first-order chi connectivity index (χ1) is 2.81. The molecule has 0 aromatic heterocycles. The third-order valence-corrected chi connectivity index (χ3v) is 0.265. The van der Waals surface area contributed by atoms with Gasteiger partial charge in [0.15, 0.2) is 0 Å². The molecule has 0 spiro atoms. The van der Waals surface area contributed by atoms with Gasteiger partial charge in [0.05, 0.1) is 0 Å². The van der Waals surface area contributed by atoms with Gasteiger partial charge in [-0.15, -0.1) is 0 Å². The second-order valence-corrected chi connectivity index (χ2v) is 0.638. The highest BCUT2D eigenvalue weighted by molar-refractivity contribution is 5.69. The van der Waals surface area contributed by atoms with Crippen LogP contribution in [0.15, 0.2) is 0 Å². The summed E-state index contributed by atoms with van der Waals surface area (Å²) >= 11 is 0. The van der Waals surface area contributed by atoms with Crippen molar-refractivity contribution in [3.63, 3.8) is 0 Å². The number of nitrogens with zero attached hydrogens (tertiary/aromatic N) is 1. The first-order valence-electron chi connectivity index (χ1n) is 1.29. The van der Waals surface area contributed by atoms with E-state index in [1.807, 2.05) is 0 Å². The molecule has 4 nitrogen and oxygen atoms in total. The summed E-state index contributed by atoms with van der Waals surface area (Å²) in [5.74, 6) is 0. The van der Waals surface area contributed by atoms with Crippen LogP contribution in [0.5, 0.6) is 0 Å². The molecule has 0 amide bonds. The Kier molecular flexibility index (Phi) is 1.99. The zero-order valence-electron chi connectivity index (χ0n) is 3.05. The summed E-state index contributed by atoms with van der Waals surface area (Å²) in [5, 5.41) is 20.8. The van der Waals surface area contributed by atoms with E-state index in [1.54, 1.807) is 0 Å². The van der Waals surface area contributed by atoms with Crippen molar-refractivity contribution in [3.05, 3.63) is 0 Å². The van der Waals surface area contributed by atoms with Crippen LogP contribution in [0.25, 0.3) is 0 Å². The van der Waals surface area contributed by atoms with Crippen LogP contribution in [0.4, 0.5) is 0 Å². The fraction of sp³-hybridized carbons (Fsp3) is 0. The molecule has 0 fully saturated rings. The molecule has 6 heavy (non-hydrogen) atoms. The van der Waals surface area contributed by atoms with Crippen molar-refractivity contribution in [1.82, 2.24) is 5.06 Å². The Balaban J connectivity index is 3.21. The lowest BCUT2D eigenvalue weighted by atomic mass is 11.1. The van der Waals surface area contributed by atoms with Crippen molar-refractivity contribution >= 4 is 12.7 Å². The average Bonchev–Trinajstić information content (AvgIpc) is 1.65. The minimum Gasteiger partial charge on any atom is -0.289 e. The molecule has 3 N–H and O–H groups in total. The molecule has 0 bridgehead atoms. The van der Waals surface area contributed by atoms with Crippen LogP contribution in [-0.4, -0.2) is 22.9 Å². The minimum absolute atomic E-state index is 0.333. The van der Waals surface area contributed by atoms with Crippen molar-refractivity contribution in [2.45, 2.75) is 0 Å². The second-order valence-electron chi connectivity index (χ2n) is 0.638. The maximum absolute atomic E-state index is 8.01. The number of hydroxylamine groups is 2. The maximum atomic E-state index is 8.01. The van der Waals surface area contributed by atoms with Gasteiger partial charge in [-0.25, -0.2) is 5.06 Å². The molecular weight excluding hydrogens is 82.0 g/mol. The Morgan fingerprint density at radius 1 is 1.33 bits per heavy atom. The topological polar surface area (TPSA) is 71.2 Å². The standard InChI is InChI=1S/C2H5N3O/c3-1-5(6)2-4/h1-4,6H. The lowest BCUT2D eigenvalue weighted by Gasteiger charge is -1.94. The van der Waals surface area contributed by atoms with Gasteiger partial charge in [-0.05, 0) is 0 Å². The van der Waals surface area contributed by atoms with Crippen molar-refractivity contribution in [2.24, 2.45) is 0 Å². The predicted octanol–water partition coefficient (Wildman–Crippen LogP) is -0.108. The third-order valence-electron chi connectivity index (χ3n) is 0.265. The summed E-state index contributed by atoms with van der Waals surface area (Å²) in [6.07, 6.45) is 1.24. The highest BCUT2D eigenvalue weighted by atomic mass is 16.5. The van der Waals surface area contributed by atoms with E-state index in [0.29, 0.717) is 17.7 Å². The van der Waals surface area contributed by atoms with Crippen LogP contribution < -0.4 is 0 Å². The molecule has 0 aliphatic heterocycles. The Labute approximate surface area is 35.0 Å². The number of hydrogen-bond acceptors (Lipinski definition) is 3. The molecule has 34 valence electrons. The van der Waals surface area contributed by atoms with E-state index in [-0.39, 0.29) is 0 Å². The van der Waals surface area contributed by atoms with Crippen LogP contribution in [0.2, 0.25) is 0 Å². The lowest BCUT2D eigenvalue weighted by molar-refractivity contribution is 0.0743. The second kappa shape index (κ2) is 2.34. The fourth-order valence-electron chi connectivity index (χ4n) is 0.0373. The molecule has 0 aliphatic carbocycles. The molecule has 0 aromatic rings. The number of rotatable bonds is 2. The Hall–Kier alpha value is -0.900. The summed E-state index contributed by atoms with van der Waals surface area (Å²) in [4.78, 5) is 0. The summed E-state index contributed by atoms with van der Waals surface area (Å²) < 4.78 is 0. The summed E-state index contributed by atoms with van der Waals surface area (Å²) in [6, 6.07) is 0. The quantitative estimate of drug-likeness (QED) is 0.250. The first-order valence-corrected chi connectivity index (χ1v) is 1.29. The highest BCUT2D eigenvalue weighted by Crippen LogP contribution is 1.56. The van der Waals surface area contributed by atoms with Crippen molar-refractivity contribution in [3.8, 4) is 0 Å². The van der Waals surface area contributed by atoms with Crippen molar-refractivity contribution < 1.29 is 5.21 Å². The van der Waals surface area contributed by atoms with Crippen LogP contribution in [-0.2, 0) is 0 Å². The minimum atomic E-state index is 0.333. The van der Waals surface area contributed by atoms with Gasteiger partial charge in [0.1, 0.15) is 12.7 Å². The van der Waals surface area contributed by atoms with E-state index in [1.165, 1.54) is 0 Å². The van der Waals surface area contributed by atoms with Gasteiger partial charge in [-0.3, -0.25) is 16.0 Å². The molecule has 0 saturated carbocycles. The molecule has 4 heteroatoms. The number of hydrogen-bond donors (Lipinski definition) is 3. The van der Waals surface area contributed by atoms with Crippen LogP contribution in [0.3, 0.4) is 0 Å². The van der Waals surface area contributed by atoms with Crippen LogP contribution >= 0.6 is 0 Å². The molecule has 0 atom stereocenters. The molecule has 0 heterocycles. The lowest BCUT2D eigenvalue weighted by Crippen LogP contribution is -2.11. The monoisotopic (exact) mass is 87.0 g/mol. The molecule has 0 saturated heterocycles. The molecule has 0 radical (unpaired) electrons. The van der Waals surface area contributed by atoms with Crippen molar-refractivity contribution in [2.75, 3.05) is 0 Å². The van der Waals surface area contributed by atoms with Crippen LogP contribution in [0, 0.1) is 10.8 Å². The summed E-state index contributed by atoms with van der Waals surface area (Å²) in [7, 11) is 0. The Bertz CT molecular complexity index is 53.8. The maximum Gasteiger partial charge on any atom is 0.114 e. The smallest absolute Gasteiger partial charge is 0.114 e. The van der Waals surface area contributed by atoms with Gasteiger partial charge >= 0.3 is 0 Å². The summed E-state index contributed by atoms with van der Waals surface area (Å²) in [5.41, 5.74) is 0. The average molecular weight is 87.1 g/mol. The van der Waals surface area contributed by atoms with Gasteiger partial charge in [0.25, 0.3) is 0 Å².